The Morgan fingerprint density at radius 2 is 1.59 bits per heavy atom. The van der Waals surface area contributed by atoms with Crippen molar-refractivity contribution in [2.45, 2.75) is 33.3 Å². The average Bonchev–Trinajstić information content (AvgIpc) is 3.30. The molecule has 1 aliphatic rings. The average molecular weight is 675 g/mol. The van der Waals surface area contributed by atoms with Gasteiger partial charge in [-0.3, -0.25) is 9.69 Å². The lowest BCUT2D eigenvalue weighted by atomic mass is 10.1. The van der Waals surface area contributed by atoms with Crippen LogP contribution in [0.2, 0.25) is 0 Å². The molecule has 208 valence electrons. The van der Waals surface area contributed by atoms with Gasteiger partial charge in [0, 0.05) is 0 Å². The number of hydrogen-bond acceptors (Lipinski definition) is 5. The molecule has 0 atom stereocenters. The van der Waals surface area contributed by atoms with Crippen LogP contribution in [-0.2, 0) is 24.2 Å². The van der Waals surface area contributed by atoms with Crippen molar-refractivity contribution >= 4 is 62.9 Å². The number of para-hydroxylation sites is 2. The smallest absolute Gasteiger partial charge is 0.271 e. The van der Waals surface area contributed by atoms with Crippen LogP contribution in [0.25, 0.3) is 6.08 Å². The number of amides is 1. The highest BCUT2D eigenvalue weighted by molar-refractivity contribution is 14.1. The highest BCUT2D eigenvalue weighted by atomic mass is 127. The van der Waals surface area contributed by atoms with E-state index < -0.39 is 0 Å². The molecule has 5 rings (SSSR count). The first-order chi connectivity index (χ1) is 20.0. The first kappa shape index (κ1) is 29.0. The zero-order valence-corrected chi connectivity index (χ0v) is 26.2. The van der Waals surface area contributed by atoms with E-state index in [1.165, 1.54) is 11.8 Å². The van der Waals surface area contributed by atoms with Crippen LogP contribution in [0.3, 0.4) is 0 Å². The van der Waals surface area contributed by atoms with Crippen LogP contribution in [0, 0.1) is 3.57 Å². The van der Waals surface area contributed by atoms with E-state index in [4.69, 9.17) is 14.5 Å². The quantitative estimate of drug-likeness (QED) is 0.132. The van der Waals surface area contributed by atoms with Crippen molar-refractivity contribution in [3.63, 3.8) is 0 Å². The number of rotatable bonds is 9. The summed E-state index contributed by atoms with van der Waals surface area (Å²) in [4.78, 5) is 21.4. The number of carbonyl (C=O) groups excluding carboxylic acids is 1. The summed E-state index contributed by atoms with van der Waals surface area (Å²) in [6.45, 7) is 4.65. The zero-order valence-electron chi connectivity index (χ0n) is 23.3. The molecule has 0 bridgehead atoms. The third-order valence-electron chi connectivity index (χ3n) is 6.78. The third-order valence-corrected chi connectivity index (χ3v) is 8.55. The molecule has 0 unspecified atom stereocenters. The Kier molecular flexibility index (Phi) is 9.46. The number of anilines is 1. The number of hydrogen-bond donors (Lipinski definition) is 0. The molecule has 4 aromatic rings. The van der Waals surface area contributed by atoms with Crippen LogP contribution in [0.15, 0.2) is 101 Å². The Balaban J connectivity index is 1.52. The highest BCUT2D eigenvalue weighted by Gasteiger charge is 2.36. The van der Waals surface area contributed by atoms with E-state index in [2.05, 4.69) is 48.6 Å². The largest absolute Gasteiger partial charge is 0.493 e. The first-order valence-corrected chi connectivity index (χ1v) is 15.4. The van der Waals surface area contributed by atoms with E-state index in [1.807, 2.05) is 84.9 Å². The fourth-order valence-corrected chi connectivity index (χ4v) is 6.42. The molecule has 1 heterocycles. The van der Waals surface area contributed by atoms with Crippen LogP contribution in [0.5, 0.6) is 11.5 Å². The first-order valence-electron chi connectivity index (χ1n) is 13.5. The van der Waals surface area contributed by atoms with Gasteiger partial charge in [-0.05, 0) is 99.8 Å². The van der Waals surface area contributed by atoms with Crippen molar-refractivity contribution in [2.24, 2.45) is 4.99 Å². The summed E-state index contributed by atoms with van der Waals surface area (Å²) in [7, 11) is 1.63. The van der Waals surface area contributed by atoms with E-state index in [0.29, 0.717) is 28.2 Å². The molecule has 5 nitrogen and oxygen atoms in total. The van der Waals surface area contributed by atoms with Crippen LogP contribution in [-0.4, -0.2) is 18.2 Å². The number of ether oxygens (including phenoxy) is 2. The SMILES string of the molecule is CCc1ccccc1N=C1S/C(=C/c2cc(I)c(OCc3ccccc3)c(OC)c2)C(=O)N1c1ccccc1CC. The summed E-state index contributed by atoms with van der Waals surface area (Å²) >= 11 is 3.65. The van der Waals surface area contributed by atoms with Gasteiger partial charge in [-0.15, -0.1) is 0 Å². The van der Waals surface area contributed by atoms with Crippen LogP contribution >= 0.6 is 34.4 Å². The monoisotopic (exact) mass is 674 g/mol. The number of thioether (sulfide) groups is 1. The Labute approximate surface area is 259 Å². The molecule has 7 heteroatoms. The van der Waals surface area contributed by atoms with E-state index in [9.17, 15) is 4.79 Å². The second-order valence-electron chi connectivity index (χ2n) is 9.42. The molecule has 4 aromatic carbocycles. The van der Waals surface area contributed by atoms with Crippen molar-refractivity contribution in [2.75, 3.05) is 12.0 Å². The van der Waals surface area contributed by atoms with Gasteiger partial charge in [0.1, 0.15) is 6.61 Å². The van der Waals surface area contributed by atoms with Crippen molar-refractivity contribution in [1.82, 2.24) is 0 Å². The van der Waals surface area contributed by atoms with Crippen molar-refractivity contribution < 1.29 is 14.3 Å². The van der Waals surface area contributed by atoms with E-state index in [-0.39, 0.29) is 5.91 Å². The molecule has 1 fully saturated rings. The normalized spacial score (nSPS) is 15.1. The van der Waals surface area contributed by atoms with Gasteiger partial charge in [-0.2, -0.15) is 0 Å². The maximum absolute atomic E-state index is 14.0. The van der Waals surface area contributed by atoms with Crippen molar-refractivity contribution in [3.8, 4) is 11.5 Å². The zero-order chi connectivity index (χ0) is 28.8. The number of benzene rings is 4. The van der Waals surface area contributed by atoms with Gasteiger partial charge < -0.3 is 9.47 Å². The summed E-state index contributed by atoms with van der Waals surface area (Å²) in [5.74, 6) is 1.21. The lowest BCUT2D eigenvalue weighted by molar-refractivity contribution is -0.113. The van der Waals surface area contributed by atoms with Gasteiger partial charge >= 0.3 is 0 Å². The lowest BCUT2D eigenvalue weighted by Gasteiger charge is -2.19. The molecular formula is C34H31IN2O3S. The summed E-state index contributed by atoms with van der Waals surface area (Å²) < 4.78 is 12.8. The van der Waals surface area contributed by atoms with E-state index in [1.54, 1.807) is 12.0 Å². The third kappa shape index (κ3) is 6.52. The molecule has 41 heavy (non-hydrogen) atoms. The molecule has 0 radical (unpaired) electrons. The number of carbonyl (C=O) groups is 1. The lowest BCUT2D eigenvalue weighted by Crippen LogP contribution is -2.29. The van der Waals surface area contributed by atoms with Gasteiger partial charge in [-0.25, -0.2) is 4.99 Å². The maximum Gasteiger partial charge on any atom is 0.271 e. The number of aliphatic imine (C=N–C) groups is 1. The van der Waals surface area contributed by atoms with Crippen LogP contribution < -0.4 is 14.4 Å². The molecule has 1 amide bonds. The predicted octanol–water partition coefficient (Wildman–Crippen LogP) is 8.81. The number of nitrogens with zero attached hydrogens (tertiary/aromatic N) is 2. The topological polar surface area (TPSA) is 51.1 Å². The molecular weight excluding hydrogens is 643 g/mol. The second-order valence-corrected chi connectivity index (χ2v) is 11.6. The minimum atomic E-state index is -0.0954. The maximum atomic E-state index is 14.0. The minimum Gasteiger partial charge on any atom is -0.493 e. The Hall–Kier alpha value is -3.56. The number of aryl methyl sites for hydroxylation is 2. The van der Waals surface area contributed by atoms with Crippen molar-refractivity contribution in [1.29, 1.82) is 0 Å². The van der Waals surface area contributed by atoms with E-state index >= 15 is 0 Å². The summed E-state index contributed by atoms with van der Waals surface area (Å²) in [5, 5.41) is 0.646. The Bertz CT molecular complexity index is 1620. The second kappa shape index (κ2) is 13.4. The summed E-state index contributed by atoms with van der Waals surface area (Å²) in [6, 6.07) is 30.1. The molecule has 0 spiro atoms. The summed E-state index contributed by atoms with van der Waals surface area (Å²) in [6.07, 6.45) is 3.58. The predicted molar refractivity (Wildman–Crippen MR) is 178 cm³/mol. The fourth-order valence-electron chi connectivity index (χ4n) is 4.66. The van der Waals surface area contributed by atoms with Gasteiger partial charge in [0.15, 0.2) is 16.7 Å². The van der Waals surface area contributed by atoms with Gasteiger partial charge in [0.25, 0.3) is 5.91 Å². The molecule has 0 N–H and O–H groups in total. The van der Waals surface area contributed by atoms with Crippen LogP contribution in [0.1, 0.15) is 36.1 Å². The number of halogens is 1. The van der Waals surface area contributed by atoms with Gasteiger partial charge in [0.05, 0.1) is 27.0 Å². The Morgan fingerprint density at radius 3 is 2.32 bits per heavy atom. The molecule has 0 saturated carbocycles. The minimum absolute atomic E-state index is 0.0954. The van der Waals surface area contributed by atoms with Gasteiger partial charge in [0.2, 0.25) is 0 Å². The van der Waals surface area contributed by atoms with Gasteiger partial charge in [-0.1, -0.05) is 80.6 Å². The fraction of sp³-hybridized carbons (Fsp3) is 0.176. The molecule has 0 aromatic heterocycles. The molecule has 0 aliphatic carbocycles. The van der Waals surface area contributed by atoms with Crippen molar-refractivity contribution in [3.05, 3.63) is 122 Å². The standard InChI is InChI=1S/C34H31IN2O3S/c1-4-25-15-9-11-17-28(25)36-34-37(29-18-12-10-16-26(29)5-2)33(38)31(41-34)21-24-19-27(35)32(30(20-24)39-3)40-22-23-13-7-6-8-14-23/h6-21H,4-5,22H2,1-3H3/b31-21+,36-34?. The van der Waals surface area contributed by atoms with E-state index in [0.717, 1.165) is 50.0 Å². The molecule has 1 aliphatic heterocycles. The van der Waals surface area contributed by atoms with Crippen LogP contribution in [0.4, 0.5) is 11.4 Å². The highest BCUT2D eigenvalue weighted by Crippen LogP contribution is 2.41. The molecule has 1 saturated heterocycles. The Morgan fingerprint density at radius 1 is 0.902 bits per heavy atom. The summed E-state index contributed by atoms with van der Waals surface area (Å²) in [5.41, 5.74) is 5.90. The number of methoxy groups -OCH3 is 1. The number of amidine groups is 1.